The van der Waals surface area contributed by atoms with Crippen LogP contribution >= 0.6 is 11.3 Å². The molecule has 1 aliphatic heterocycles. The highest BCUT2D eigenvalue weighted by atomic mass is 32.1. The Morgan fingerprint density at radius 3 is 2.41 bits per heavy atom. The van der Waals surface area contributed by atoms with Gasteiger partial charge in [-0.1, -0.05) is 12.1 Å². The number of dihydropyridines is 1. The normalized spacial score (nSPS) is 16.3. The largest absolute Gasteiger partial charge is 0.466 e. The molecule has 0 bridgehead atoms. The molecular weight excluding hydrogens is 392 g/mol. The zero-order valence-electron chi connectivity index (χ0n) is 16.3. The van der Waals surface area contributed by atoms with Gasteiger partial charge in [0.15, 0.2) is 5.78 Å². The summed E-state index contributed by atoms with van der Waals surface area (Å²) in [6.45, 7) is 3.07. The van der Waals surface area contributed by atoms with Gasteiger partial charge in [0.05, 0.1) is 36.0 Å². The van der Waals surface area contributed by atoms with Crippen LogP contribution < -0.4 is 5.32 Å². The third-order valence-electron chi connectivity index (χ3n) is 4.80. The molecule has 7 nitrogen and oxygen atoms in total. The number of carbonyl (C=O) groups excluding carboxylic acids is 3. The van der Waals surface area contributed by atoms with Crippen LogP contribution in [0.4, 0.5) is 0 Å². The first-order valence-electron chi connectivity index (χ1n) is 8.65. The molecule has 0 radical (unpaired) electrons. The summed E-state index contributed by atoms with van der Waals surface area (Å²) in [6.07, 6.45) is 0. The number of esters is 2. The van der Waals surface area contributed by atoms with E-state index in [1.54, 1.807) is 24.4 Å². The van der Waals surface area contributed by atoms with Crippen LogP contribution in [0.25, 0.3) is 10.1 Å². The van der Waals surface area contributed by atoms with Gasteiger partial charge in [0.2, 0.25) is 0 Å². The van der Waals surface area contributed by atoms with Crippen molar-refractivity contribution in [1.82, 2.24) is 5.32 Å². The number of hydrogen-bond acceptors (Lipinski definition) is 8. The Morgan fingerprint density at radius 2 is 1.83 bits per heavy atom. The summed E-state index contributed by atoms with van der Waals surface area (Å²) in [4.78, 5) is 37.7. The van der Waals surface area contributed by atoms with E-state index in [0.29, 0.717) is 22.4 Å². The molecule has 2 aromatic rings. The van der Waals surface area contributed by atoms with E-state index in [9.17, 15) is 19.6 Å². The van der Waals surface area contributed by atoms with Crippen LogP contribution in [0, 0.1) is 11.3 Å². The number of carbonyl (C=O) groups is 3. The number of ketones is 1. The number of thiophene rings is 1. The van der Waals surface area contributed by atoms with Gasteiger partial charge in [-0.2, -0.15) is 5.26 Å². The third kappa shape index (κ3) is 3.30. The molecule has 1 aromatic carbocycles. The standard InChI is InChI=1S/C21H18N2O5S/c1-10-15(11(2)24)16(17(20(25)27-3)18(23-10)21(26)28-4)14-9-29-19-12(8-22)6-5-7-13(14)19/h5-7,9,16,23H,1-4H3. The minimum atomic E-state index is -0.835. The lowest BCUT2D eigenvalue weighted by atomic mass is 9.78. The first-order chi connectivity index (χ1) is 13.8. The first-order valence-corrected chi connectivity index (χ1v) is 9.53. The monoisotopic (exact) mass is 410 g/mol. The minimum absolute atomic E-state index is 0.00258. The Balaban J connectivity index is 2.39. The predicted molar refractivity (Wildman–Crippen MR) is 107 cm³/mol. The number of rotatable bonds is 4. The summed E-state index contributed by atoms with van der Waals surface area (Å²) < 4.78 is 10.5. The van der Waals surface area contributed by atoms with E-state index in [0.717, 1.165) is 10.1 Å². The average molecular weight is 410 g/mol. The molecule has 0 spiro atoms. The van der Waals surface area contributed by atoms with Crippen LogP contribution in [0.15, 0.2) is 46.1 Å². The Kier molecular flexibility index (Phi) is 5.52. The van der Waals surface area contributed by atoms with Crippen LogP contribution in [0.5, 0.6) is 0 Å². The van der Waals surface area contributed by atoms with Crippen molar-refractivity contribution in [2.24, 2.45) is 0 Å². The summed E-state index contributed by atoms with van der Waals surface area (Å²) in [6, 6.07) is 7.42. The molecule has 148 valence electrons. The van der Waals surface area contributed by atoms with E-state index in [4.69, 9.17) is 9.47 Å². The molecule has 29 heavy (non-hydrogen) atoms. The fourth-order valence-corrected chi connectivity index (χ4v) is 4.65. The van der Waals surface area contributed by atoms with Crippen molar-refractivity contribution in [1.29, 1.82) is 5.26 Å². The number of nitrogens with zero attached hydrogens (tertiary/aromatic N) is 1. The maximum atomic E-state index is 12.7. The van der Waals surface area contributed by atoms with Gasteiger partial charge in [0.25, 0.3) is 0 Å². The van der Waals surface area contributed by atoms with E-state index in [1.165, 1.54) is 32.5 Å². The number of Topliss-reactive ketones (excluding diaryl/α,β-unsaturated/α-hetero) is 1. The predicted octanol–water partition coefficient (Wildman–Crippen LogP) is 2.92. The molecule has 0 saturated carbocycles. The zero-order chi connectivity index (χ0) is 21.3. The summed E-state index contributed by atoms with van der Waals surface area (Å²) in [5.41, 5.74) is 1.87. The van der Waals surface area contributed by atoms with E-state index in [2.05, 4.69) is 11.4 Å². The molecule has 0 fully saturated rings. The van der Waals surface area contributed by atoms with Crippen molar-refractivity contribution in [3.63, 3.8) is 0 Å². The second-order valence-corrected chi connectivity index (χ2v) is 7.29. The molecule has 0 saturated heterocycles. The topological polar surface area (TPSA) is 105 Å². The van der Waals surface area contributed by atoms with Crippen molar-refractivity contribution < 1.29 is 23.9 Å². The summed E-state index contributed by atoms with van der Waals surface area (Å²) in [7, 11) is 2.42. The summed E-state index contributed by atoms with van der Waals surface area (Å²) in [5.74, 6) is -2.57. The number of hydrogen-bond donors (Lipinski definition) is 1. The highest BCUT2D eigenvalue weighted by Crippen LogP contribution is 2.44. The average Bonchev–Trinajstić information content (AvgIpc) is 3.15. The van der Waals surface area contributed by atoms with Crippen LogP contribution in [-0.4, -0.2) is 31.9 Å². The number of ether oxygens (including phenoxy) is 2. The number of fused-ring (bicyclic) bond motifs is 1. The van der Waals surface area contributed by atoms with E-state index in [1.807, 2.05) is 6.07 Å². The van der Waals surface area contributed by atoms with Gasteiger partial charge >= 0.3 is 11.9 Å². The number of benzene rings is 1. The Morgan fingerprint density at radius 1 is 1.14 bits per heavy atom. The van der Waals surface area contributed by atoms with Gasteiger partial charge in [-0.15, -0.1) is 11.3 Å². The molecule has 0 aliphatic carbocycles. The van der Waals surface area contributed by atoms with Crippen molar-refractivity contribution in [2.75, 3.05) is 14.2 Å². The van der Waals surface area contributed by atoms with Gasteiger partial charge in [0, 0.05) is 11.3 Å². The van der Waals surface area contributed by atoms with E-state index < -0.39 is 17.9 Å². The van der Waals surface area contributed by atoms with Crippen molar-refractivity contribution in [3.8, 4) is 6.07 Å². The lowest BCUT2D eigenvalue weighted by molar-refractivity contribution is -0.140. The Labute approximate surface area is 171 Å². The van der Waals surface area contributed by atoms with Gasteiger partial charge in [-0.3, -0.25) is 4.79 Å². The van der Waals surface area contributed by atoms with Crippen molar-refractivity contribution >= 4 is 39.1 Å². The van der Waals surface area contributed by atoms with Gasteiger partial charge in [-0.05, 0) is 36.2 Å². The molecule has 8 heteroatoms. The lowest BCUT2D eigenvalue weighted by Gasteiger charge is -2.30. The van der Waals surface area contributed by atoms with Crippen LogP contribution in [-0.2, 0) is 23.9 Å². The van der Waals surface area contributed by atoms with Crippen LogP contribution in [0.3, 0.4) is 0 Å². The molecule has 1 aliphatic rings. The fraction of sp³-hybridized carbons (Fsp3) is 0.238. The number of methoxy groups -OCH3 is 2. The second kappa shape index (κ2) is 7.89. The maximum absolute atomic E-state index is 12.7. The fourth-order valence-electron chi connectivity index (χ4n) is 3.59. The summed E-state index contributed by atoms with van der Waals surface area (Å²) in [5, 5.41) is 14.8. The van der Waals surface area contributed by atoms with Crippen molar-refractivity contribution in [2.45, 2.75) is 19.8 Å². The molecule has 2 heterocycles. The molecule has 1 N–H and O–H groups in total. The van der Waals surface area contributed by atoms with Gasteiger partial charge in [-0.25, -0.2) is 9.59 Å². The van der Waals surface area contributed by atoms with E-state index >= 15 is 0 Å². The SMILES string of the molecule is COC(=O)C1=C(C(=O)OC)C(c2csc3c(C#N)cccc23)C(C(C)=O)=C(C)N1. The van der Waals surface area contributed by atoms with Gasteiger partial charge < -0.3 is 14.8 Å². The first kappa shape index (κ1) is 20.3. The van der Waals surface area contributed by atoms with E-state index in [-0.39, 0.29) is 17.1 Å². The van der Waals surface area contributed by atoms with Crippen LogP contribution in [0.1, 0.15) is 30.9 Å². The third-order valence-corrected chi connectivity index (χ3v) is 5.85. The summed E-state index contributed by atoms with van der Waals surface area (Å²) >= 11 is 1.34. The highest BCUT2D eigenvalue weighted by Gasteiger charge is 2.40. The molecule has 1 aromatic heterocycles. The molecule has 1 atom stereocenters. The quantitative estimate of drug-likeness (QED) is 0.773. The number of nitriles is 1. The molecule has 1 unspecified atom stereocenters. The highest BCUT2D eigenvalue weighted by molar-refractivity contribution is 7.17. The lowest BCUT2D eigenvalue weighted by Crippen LogP contribution is -2.35. The molecule has 0 amide bonds. The number of allylic oxidation sites excluding steroid dienone is 2. The zero-order valence-corrected chi connectivity index (χ0v) is 17.1. The number of nitrogens with one attached hydrogen (secondary N) is 1. The Hall–Kier alpha value is -3.44. The Bertz CT molecular complexity index is 1150. The smallest absolute Gasteiger partial charge is 0.355 e. The molecular formula is C21H18N2O5S. The second-order valence-electron chi connectivity index (χ2n) is 6.41. The minimum Gasteiger partial charge on any atom is -0.466 e. The van der Waals surface area contributed by atoms with Crippen molar-refractivity contribution in [3.05, 3.63) is 57.2 Å². The molecule has 3 rings (SSSR count). The maximum Gasteiger partial charge on any atom is 0.355 e. The van der Waals surface area contributed by atoms with Gasteiger partial charge in [0.1, 0.15) is 11.8 Å². The van der Waals surface area contributed by atoms with Crippen LogP contribution in [0.2, 0.25) is 0 Å².